The predicted octanol–water partition coefficient (Wildman–Crippen LogP) is 5.32. The molecule has 0 spiro atoms. The third-order valence-corrected chi connectivity index (χ3v) is 7.01. The lowest BCUT2D eigenvalue weighted by Crippen LogP contribution is -2.24. The van der Waals surface area contributed by atoms with E-state index in [0.29, 0.717) is 28.3 Å². The number of hydrogen-bond donors (Lipinski definition) is 2. The number of oxazole rings is 1. The average molecular weight is 490 g/mol. The number of aryl methyl sites for hydroxylation is 2. The van der Waals surface area contributed by atoms with E-state index >= 15 is 0 Å². The molecule has 180 valence electrons. The van der Waals surface area contributed by atoms with Crippen molar-refractivity contribution in [3.8, 4) is 22.6 Å². The van der Waals surface area contributed by atoms with E-state index in [9.17, 15) is 13.2 Å². The van der Waals surface area contributed by atoms with E-state index in [-0.39, 0.29) is 24.1 Å². The Kier molecular flexibility index (Phi) is 7.02. The Morgan fingerprint density at radius 1 is 0.886 bits per heavy atom. The van der Waals surface area contributed by atoms with Gasteiger partial charge in [0.15, 0.2) is 0 Å². The van der Waals surface area contributed by atoms with Crippen molar-refractivity contribution < 1.29 is 17.6 Å². The maximum atomic E-state index is 13.1. The monoisotopic (exact) mass is 489 g/mol. The Labute approximate surface area is 205 Å². The second-order valence-electron chi connectivity index (χ2n) is 8.12. The highest BCUT2D eigenvalue weighted by Gasteiger charge is 2.19. The van der Waals surface area contributed by atoms with Crippen molar-refractivity contribution in [2.45, 2.75) is 27.3 Å². The molecule has 7 nitrogen and oxygen atoms in total. The van der Waals surface area contributed by atoms with E-state index < -0.39 is 10.0 Å². The number of nitrogens with zero attached hydrogens (tertiary/aromatic N) is 1. The molecule has 0 aliphatic carbocycles. The van der Waals surface area contributed by atoms with Crippen LogP contribution in [0.25, 0.3) is 22.6 Å². The lowest BCUT2D eigenvalue weighted by molar-refractivity contribution is 0.0951. The fourth-order valence-corrected chi connectivity index (χ4v) is 4.41. The van der Waals surface area contributed by atoms with E-state index in [1.165, 1.54) is 0 Å². The van der Waals surface area contributed by atoms with E-state index in [4.69, 9.17) is 4.42 Å². The van der Waals surface area contributed by atoms with Crippen molar-refractivity contribution in [3.05, 3.63) is 95.4 Å². The van der Waals surface area contributed by atoms with Gasteiger partial charge in [0.1, 0.15) is 11.5 Å². The van der Waals surface area contributed by atoms with E-state index in [1.807, 2.05) is 49.4 Å². The number of carbonyl (C=O) groups is 1. The third kappa shape index (κ3) is 5.44. The Hall–Kier alpha value is -3.91. The van der Waals surface area contributed by atoms with Crippen molar-refractivity contribution in [1.82, 2.24) is 10.3 Å². The zero-order chi connectivity index (χ0) is 25.0. The first-order valence-corrected chi connectivity index (χ1v) is 12.9. The number of carbonyl (C=O) groups excluding carboxylic acids is 1. The molecule has 8 heteroatoms. The van der Waals surface area contributed by atoms with Crippen LogP contribution < -0.4 is 10.0 Å². The first-order chi connectivity index (χ1) is 16.8. The number of rotatable bonds is 8. The van der Waals surface area contributed by atoms with Gasteiger partial charge in [-0.25, -0.2) is 13.4 Å². The summed E-state index contributed by atoms with van der Waals surface area (Å²) in [6.45, 7) is 5.51. The Morgan fingerprint density at radius 3 is 2.23 bits per heavy atom. The number of amides is 1. The van der Waals surface area contributed by atoms with E-state index in [2.05, 4.69) is 15.0 Å². The zero-order valence-corrected chi connectivity index (χ0v) is 20.6. The van der Waals surface area contributed by atoms with Crippen LogP contribution in [0.3, 0.4) is 0 Å². The van der Waals surface area contributed by atoms with Crippen molar-refractivity contribution >= 4 is 21.6 Å². The molecular formula is C27H27N3O4S. The van der Waals surface area contributed by atoms with Gasteiger partial charge >= 0.3 is 0 Å². The van der Waals surface area contributed by atoms with Crippen LogP contribution in [-0.2, 0) is 16.6 Å². The van der Waals surface area contributed by atoms with Crippen LogP contribution in [0.5, 0.6) is 0 Å². The smallest absolute Gasteiger partial charge is 0.252 e. The Balaban J connectivity index is 1.56. The molecule has 2 N–H and O–H groups in total. The topological polar surface area (TPSA) is 101 Å². The maximum absolute atomic E-state index is 13.1. The summed E-state index contributed by atoms with van der Waals surface area (Å²) >= 11 is 0. The van der Waals surface area contributed by atoms with Crippen molar-refractivity contribution in [3.63, 3.8) is 0 Å². The van der Waals surface area contributed by atoms with E-state index in [1.54, 1.807) is 44.2 Å². The van der Waals surface area contributed by atoms with Crippen LogP contribution >= 0.6 is 0 Å². The van der Waals surface area contributed by atoms with Gasteiger partial charge in [0.2, 0.25) is 15.9 Å². The highest BCUT2D eigenvalue weighted by molar-refractivity contribution is 7.92. The molecule has 0 unspecified atom stereocenters. The summed E-state index contributed by atoms with van der Waals surface area (Å²) in [6, 6.07) is 22.3. The Morgan fingerprint density at radius 2 is 1.51 bits per heavy atom. The second-order valence-corrected chi connectivity index (χ2v) is 10.1. The molecule has 0 saturated heterocycles. The van der Waals surface area contributed by atoms with Gasteiger partial charge in [-0.15, -0.1) is 0 Å². The van der Waals surface area contributed by atoms with Crippen molar-refractivity contribution in [1.29, 1.82) is 0 Å². The van der Waals surface area contributed by atoms with Gasteiger partial charge in [-0.1, -0.05) is 54.6 Å². The van der Waals surface area contributed by atoms with Crippen LogP contribution in [0.15, 0.2) is 77.2 Å². The number of aromatic nitrogens is 1. The quantitative estimate of drug-likeness (QED) is 0.349. The first-order valence-electron chi connectivity index (χ1n) is 11.3. The SMILES string of the molecule is CCS(=O)(=O)Nc1ccccc1-c1nc(CNC(=O)c2ccccc2-c2ccccc2C)c(C)o1. The van der Waals surface area contributed by atoms with Gasteiger partial charge in [-0.05, 0) is 55.7 Å². The summed E-state index contributed by atoms with van der Waals surface area (Å²) in [7, 11) is -3.47. The highest BCUT2D eigenvalue weighted by atomic mass is 32.2. The van der Waals surface area contributed by atoms with Crippen LogP contribution in [0, 0.1) is 13.8 Å². The molecule has 1 amide bonds. The van der Waals surface area contributed by atoms with Crippen molar-refractivity contribution in [2.75, 3.05) is 10.5 Å². The summed E-state index contributed by atoms with van der Waals surface area (Å²) < 4.78 is 32.6. The molecule has 0 aliphatic rings. The fraction of sp³-hybridized carbons (Fsp3) is 0.185. The highest BCUT2D eigenvalue weighted by Crippen LogP contribution is 2.30. The second kappa shape index (κ2) is 10.1. The molecule has 3 aromatic carbocycles. The molecule has 1 aromatic heterocycles. The van der Waals surface area contributed by atoms with Crippen LogP contribution in [0.4, 0.5) is 5.69 Å². The molecule has 0 radical (unpaired) electrons. The number of benzene rings is 3. The van der Waals surface area contributed by atoms with Gasteiger partial charge < -0.3 is 9.73 Å². The standard InChI is InChI=1S/C27H27N3O4S/c1-4-35(32,33)30-24-16-10-9-15-23(24)27-29-25(19(3)34-27)17-28-26(31)22-14-8-7-13-21(22)20-12-6-5-11-18(20)2/h5-16,30H,4,17H2,1-3H3,(H,28,31). The largest absolute Gasteiger partial charge is 0.441 e. The first kappa shape index (κ1) is 24.2. The predicted molar refractivity (Wildman–Crippen MR) is 138 cm³/mol. The maximum Gasteiger partial charge on any atom is 0.252 e. The molecular weight excluding hydrogens is 462 g/mol. The summed E-state index contributed by atoms with van der Waals surface area (Å²) in [6.07, 6.45) is 0. The summed E-state index contributed by atoms with van der Waals surface area (Å²) in [5.74, 6) is 0.554. The molecule has 4 rings (SSSR count). The molecule has 0 atom stereocenters. The Bertz CT molecular complexity index is 1480. The van der Waals surface area contributed by atoms with Gasteiger partial charge in [-0.2, -0.15) is 0 Å². The molecule has 0 fully saturated rings. The molecule has 0 saturated carbocycles. The summed E-state index contributed by atoms with van der Waals surface area (Å²) in [5.41, 5.74) is 5.00. The third-order valence-electron chi connectivity index (χ3n) is 5.72. The number of nitrogens with one attached hydrogen (secondary N) is 2. The van der Waals surface area contributed by atoms with Gasteiger partial charge in [0.25, 0.3) is 5.91 Å². The zero-order valence-electron chi connectivity index (χ0n) is 19.8. The number of hydrogen-bond acceptors (Lipinski definition) is 5. The minimum Gasteiger partial charge on any atom is -0.441 e. The average Bonchev–Trinajstić information content (AvgIpc) is 3.23. The van der Waals surface area contributed by atoms with Crippen LogP contribution in [0.1, 0.15) is 34.3 Å². The fourth-order valence-electron chi connectivity index (χ4n) is 3.76. The normalized spacial score (nSPS) is 11.3. The van der Waals surface area contributed by atoms with Gasteiger partial charge in [-0.3, -0.25) is 9.52 Å². The van der Waals surface area contributed by atoms with Crippen LogP contribution in [0.2, 0.25) is 0 Å². The lowest BCUT2D eigenvalue weighted by Gasteiger charge is -2.12. The molecule has 0 aliphatic heterocycles. The molecule has 0 bridgehead atoms. The summed E-state index contributed by atoms with van der Waals surface area (Å²) in [4.78, 5) is 17.6. The van der Waals surface area contributed by atoms with E-state index in [0.717, 1.165) is 16.7 Å². The van der Waals surface area contributed by atoms with Crippen LogP contribution in [-0.4, -0.2) is 25.1 Å². The van der Waals surface area contributed by atoms with Gasteiger partial charge in [0.05, 0.1) is 23.5 Å². The summed E-state index contributed by atoms with van der Waals surface area (Å²) in [5, 5.41) is 2.94. The minimum absolute atomic E-state index is 0.0484. The lowest BCUT2D eigenvalue weighted by atomic mass is 9.95. The number of sulfonamides is 1. The van der Waals surface area contributed by atoms with Gasteiger partial charge in [0, 0.05) is 5.56 Å². The molecule has 35 heavy (non-hydrogen) atoms. The molecule has 1 heterocycles. The van der Waals surface area contributed by atoms with Crippen molar-refractivity contribution in [2.24, 2.45) is 0 Å². The minimum atomic E-state index is -3.47. The molecule has 4 aromatic rings. The number of para-hydroxylation sites is 1. The number of anilines is 1.